The fraction of sp³-hybridized carbons (Fsp3) is 0.500. The Morgan fingerprint density at radius 2 is 2.00 bits per heavy atom. The quantitative estimate of drug-likeness (QED) is 0.686. The third-order valence-corrected chi connectivity index (χ3v) is 3.00. The van der Waals surface area contributed by atoms with Crippen LogP contribution in [-0.2, 0) is 15.7 Å². The molecule has 1 aromatic rings. The molecule has 112 valence electrons. The number of esters is 1. The first-order valence-electron chi connectivity index (χ1n) is 5.66. The predicted octanol–water partition coefficient (Wildman–Crippen LogP) is 3.12. The number of anilines is 1. The average molecular weight is 308 g/mol. The van der Waals surface area contributed by atoms with Gasteiger partial charge in [0, 0.05) is 4.90 Å². The van der Waals surface area contributed by atoms with E-state index in [1.807, 2.05) is 0 Å². The van der Waals surface area contributed by atoms with E-state index < -0.39 is 23.4 Å². The van der Waals surface area contributed by atoms with Crippen LogP contribution >= 0.6 is 11.8 Å². The van der Waals surface area contributed by atoms with Crippen molar-refractivity contribution in [3.63, 3.8) is 0 Å². The van der Waals surface area contributed by atoms with Gasteiger partial charge in [-0.05, 0) is 26.8 Å². The molecule has 0 aliphatic rings. The lowest BCUT2D eigenvalue weighted by atomic mass is 10.2. The van der Waals surface area contributed by atoms with Gasteiger partial charge in [-0.3, -0.25) is 4.79 Å². The van der Waals surface area contributed by atoms with Gasteiger partial charge in [0.05, 0.1) is 17.6 Å². The zero-order chi connectivity index (χ0) is 15.6. The molecule has 20 heavy (non-hydrogen) atoms. The van der Waals surface area contributed by atoms with Crippen molar-refractivity contribution in [3.8, 4) is 0 Å². The Balaban J connectivity index is 2.75. The molecule has 0 bridgehead atoms. The van der Waals surface area contributed by atoms with E-state index in [1.165, 1.54) is 0 Å². The van der Waals surface area contributed by atoms with Crippen LogP contribution in [0.5, 0.6) is 0 Å². The van der Waals surface area contributed by atoms with E-state index in [1.54, 1.807) is 20.8 Å². The summed E-state index contributed by atoms with van der Waals surface area (Å²) < 4.78 is 42.6. The Bertz CT molecular complexity index is 498. The van der Waals surface area contributed by atoms with Gasteiger partial charge in [-0.1, -0.05) is 0 Å². The SMILES string of the molecule is CC(C)(C)OC(=O)CSc1cc(C(F)(F)F)ncc1N. The van der Waals surface area contributed by atoms with E-state index in [2.05, 4.69) is 4.98 Å². The highest BCUT2D eigenvalue weighted by Gasteiger charge is 2.33. The van der Waals surface area contributed by atoms with Crippen molar-refractivity contribution in [2.45, 2.75) is 37.4 Å². The molecule has 0 radical (unpaired) electrons. The standard InChI is InChI=1S/C12H15F3N2O2S/c1-11(2,3)19-10(18)6-20-8-4-9(12(13,14)15)17-5-7(8)16/h4-5H,6,16H2,1-3H3. The molecule has 0 amide bonds. The lowest BCUT2D eigenvalue weighted by Gasteiger charge is -2.19. The summed E-state index contributed by atoms with van der Waals surface area (Å²) in [6, 6.07) is 0.824. The predicted molar refractivity (Wildman–Crippen MR) is 70.2 cm³/mol. The number of nitrogens with zero attached hydrogens (tertiary/aromatic N) is 1. The number of carbonyl (C=O) groups is 1. The molecule has 1 heterocycles. The lowest BCUT2D eigenvalue weighted by molar-refractivity contribution is -0.151. The highest BCUT2D eigenvalue weighted by Crippen LogP contribution is 2.33. The van der Waals surface area contributed by atoms with Crippen LogP contribution < -0.4 is 5.73 Å². The monoisotopic (exact) mass is 308 g/mol. The first-order valence-corrected chi connectivity index (χ1v) is 6.65. The van der Waals surface area contributed by atoms with Gasteiger partial charge in [0.1, 0.15) is 11.3 Å². The van der Waals surface area contributed by atoms with E-state index in [-0.39, 0.29) is 16.3 Å². The maximum atomic E-state index is 12.5. The highest BCUT2D eigenvalue weighted by molar-refractivity contribution is 8.00. The Kier molecular flexibility index (Phi) is 4.90. The second-order valence-electron chi connectivity index (χ2n) is 4.98. The number of pyridine rings is 1. The van der Waals surface area contributed by atoms with Gasteiger partial charge in [0.25, 0.3) is 0 Å². The fourth-order valence-corrected chi connectivity index (χ4v) is 1.98. The molecule has 0 spiro atoms. The number of thioether (sulfide) groups is 1. The molecule has 0 atom stereocenters. The molecule has 0 aromatic carbocycles. The molecule has 2 N–H and O–H groups in total. The van der Waals surface area contributed by atoms with Gasteiger partial charge in [-0.2, -0.15) is 13.2 Å². The number of carbonyl (C=O) groups excluding carboxylic acids is 1. The third-order valence-electron chi connectivity index (χ3n) is 1.95. The normalized spacial score (nSPS) is 12.3. The molecule has 1 aromatic heterocycles. The summed E-state index contributed by atoms with van der Waals surface area (Å²) in [6.45, 7) is 5.12. The van der Waals surface area contributed by atoms with Gasteiger partial charge in [-0.25, -0.2) is 4.98 Å². The second-order valence-corrected chi connectivity index (χ2v) is 6.00. The number of aromatic nitrogens is 1. The van der Waals surface area contributed by atoms with E-state index >= 15 is 0 Å². The average Bonchev–Trinajstić information content (AvgIpc) is 2.24. The van der Waals surface area contributed by atoms with Crippen molar-refractivity contribution in [1.82, 2.24) is 4.98 Å². The minimum absolute atomic E-state index is 0.0894. The highest BCUT2D eigenvalue weighted by atomic mass is 32.2. The summed E-state index contributed by atoms with van der Waals surface area (Å²) in [5.74, 6) is -0.643. The van der Waals surface area contributed by atoms with Crippen LogP contribution in [0, 0.1) is 0 Å². The smallest absolute Gasteiger partial charge is 0.433 e. The molecule has 0 unspecified atom stereocenters. The van der Waals surface area contributed by atoms with E-state index in [9.17, 15) is 18.0 Å². The fourth-order valence-electron chi connectivity index (χ4n) is 1.24. The van der Waals surface area contributed by atoms with Crippen molar-refractivity contribution in [2.75, 3.05) is 11.5 Å². The van der Waals surface area contributed by atoms with Crippen molar-refractivity contribution in [2.24, 2.45) is 0 Å². The first-order chi connectivity index (χ1) is 8.99. The Morgan fingerprint density at radius 3 is 2.50 bits per heavy atom. The number of nitrogen functional groups attached to an aromatic ring is 1. The molecular weight excluding hydrogens is 293 g/mol. The van der Waals surface area contributed by atoms with Gasteiger partial charge >= 0.3 is 12.1 Å². The summed E-state index contributed by atoms with van der Waals surface area (Å²) in [5.41, 5.74) is 3.95. The minimum Gasteiger partial charge on any atom is -0.459 e. The number of alkyl halides is 3. The van der Waals surface area contributed by atoms with Crippen molar-refractivity contribution < 1.29 is 22.7 Å². The summed E-state index contributed by atoms with van der Waals surface area (Å²) in [6.07, 6.45) is -3.62. The zero-order valence-electron chi connectivity index (χ0n) is 11.2. The number of rotatable bonds is 3. The minimum atomic E-state index is -4.55. The Labute approximate surface area is 118 Å². The van der Waals surface area contributed by atoms with Crippen LogP contribution in [0.3, 0.4) is 0 Å². The summed E-state index contributed by atoms with van der Waals surface area (Å²) in [4.78, 5) is 14.9. The molecule has 8 heteroatoms. The molecule has 0 saturated carbocycles. The van der Waals surface area contributed by atoms with Crippen LogP contribution in [-0.4, -0.2) is 22.3 Å². The maximum absolute atomic E-state index is 12.5. The lowest BCUT2D eigenvalue weighted by Crippen LogP contribution is -2.24. The van der Waals surface area contributed by atoms with Crippen LogP contribution in [0.15, 0.2) is 17.2 Å². The molecule has 0 aliphatic carbocycles. The van der Waals surface area contributed by atoms with Crippen molar-refractivity contribution in [1.29, 1.82) is 0 Å². The maximum Gasteiger partial charge on any atom is 0.433 e. The molecule has 0 aliphatic heterocycles. The molecule has 0 fully saturated rings. The van der Waals surface area contributed by atoms with E-state index in [0.717, 1.165) is 24.0 Å². The van der Waals surface area contributed by atoms with Crippen LogP contribution in [0.1, 0.15) is 26.5 Å². The van der Waals surface area contributed by atoms with E-state index in [0.29, 0.717) is 0 Å². The summed E-state index contributed by atoms with van der Waals surface area (Å²) >= 11 is 0.887. The van der Waals surface area contributed by atoms with Gasteiger partial charge in [0.2, 0.25) is 0 Å². The van der Waals surface area contributed by atoms with Crippen molar-refractivity contribution >= 4 is 23.4 Å². The van der Waals surface area contributed by atoms with Crippen LogP contribution in [0.2, 0.25) is 0 Å². The Hall–Kier alpha value is -1.44. The molecular formula is C12H15F3N2O2S. The molecule has 1 rings (SSSR count). The van der Waals surface area contributed by atoms with Crippen LogP contribution in [0.25, 0.3) is 0 Å². The van der Waals surface area contributed by atoms with Gasteiger partial charge in [0.15, 0.2) is 0 Å². The van der Waals surface area contributed by atoms with E-state index in [4.69, 9.17) is 10.5 Å². The molecule has 0 saturated heterocycles. The van der Waals surface area contributed by atoms with Crippen LogP contribution in [0.4, 0.5) is 18.9 Å². The van der Waals surface area contributed by atoms with Gasteiger partial charge in [-0.15, -0.1) is 11.8 Å². The largest absolute Gasteiger partial charge is 0.459 e. The number of ether oxygens (including phenoxy) is 1. The zero-order valence-corrected chi connectivity index (χ0v) is 12.1. The molecule has 4 nitrogen and oxygen atoms in total. The topological polar surface area (TPSA) is 65.2 Å². The number of hydrogen-bond donors (Lipinski definition) is 1. The first kappa shape index (κ1) is 16.6. The number of hydrogen-bond acceptors (Lipinski definition) is 5. The summed E-state index contributed by atoms with van der Waals surface area (Å²) in [5, 5.41) is 0. The second kappa shape index (κ2) is 5.90. The number of nitrogens with two attached hydrogens (primary N) is 1. The van der Waals surface area contributed by atoms with Crippen molar-refractivity contribution in [3.05, 3.63) is 18.0 Å². The summed E-state index contributed by atoms with van der Waals surface area (Å²) in [7, 11) is 0. The number of halogens is 3. The Morgan fingerprint density at radius 1 is 1.40 bits per heavy atom. The third kappa shape index (κ3) is 5.28. The van der Waals surface area contributed by atoms with Gasteiger partial charge < -0.3 is 10.5 Å².